The van der Waals surface area contributed by atoms with Crippen LogP contribution >= 0.6 is 24.0 Å². The van der Waals surface area contributed by atoms with Crippen LogP contribution in [0, 0.1) is 11.3 Å². The molecule has 1 spiro atoms. The highest BCUT2D eigenvalue weighted by molar-refractivity contribution is 6.30. The van der Waals surface area contributed by atoms with Crippen molar-refractivity contribution < 1.29 is 9.59 Å². The number of halogens is 2. The Bertz CT molecular complexity index is 691. The van der Waals surface area contributed by atoms with Gasteiger partial charge in [-0.3, -0.25) is 9.59 Å². The molecule has 1 unspecified atom stereocenters. The maximum Gasteiger partial charge on any atom is 0.242 e. The number of hydrogen-bond acceptors (Lipinski definition) is 3. The van der Waals surface area contributed by atoms with Gasteiger partial charge in [-0.2, -0.15) is 0 Å². The van der Waals surface area contributed by atoms with Gasteiger partial charge in [0.1, 0.15) is 0 Å². The average Bonchev–Trinajstić information content (AvgIpc) is 3.29. The summed E-state index contributed by atoms with van der Waals surface area (Å²) in [7, 11) is 0. The number of carbonyl (C=O) groups excluding carboxylic acids is 2. The Morgan fingerprint density at radius 3 is 2.73 bits per heavy atom. The zero-order valence-electron chi connectivity index (χ0n) is 14.7. The SMILES string of the molecule is Cl.O=C1CN(C(=O)C2CC23CCNCC3)CCN1Cc1cccc(Cl)c1. The molecule has 0 bridgehead atoms. The van der Waals surface area contributed by atoms with E-state index in [-0.39, 0.29) is 42.1 Å². The molecule has 3 fully saturated rings. The maximum absolute atomic E-state index is 12.8. The van der Waals surface area contributed by atoms with Gasteiger partial charge in [-0.15, -0.1) is 12.4 Å². The lowest BCUT2D eigenvalue weighted by atomic mass is 9.91. The van der Waals surface area contributed by atoms with Crippen molar-refractivity contribution in [3.63, 3.8) is 0 Å². The molecule has 2 heterocycles. The van der Waals surface area contributed by atoms with Gasteiger partial charge >= 0.3 is 0 Å². The number of hydrogen-bond donors (Lipinski definition) is 1. The molecule has 0 aromatic heterocycles. The minimum atomic E-state index is 0. The predicted octanol–water partition coefficient (Wildman–Crippen LogP) is 2.32. The van der Waals surface area contributed by atoms with Gasteiger partial charge in [0, 0.05) is 30.6 Å². The molecule has 0 radical (unpaired) electrons. The fraction of sp³-hybridized carbons (Fsp3) is 0.579. The number of rotatable bonds is 3. The number of piperidine rings is 1. The smallest absolute Gasteiger partial charge is 0.242 e. The third-order valence-electron chi connectivity index (χ3n) is 5.98. The molecule has 4 rings (SSSR count). The summed E-state index contributed by atoms with van der Waals surface area (Å²) in [6.45, 7) is 4.02. The van der Waals surface area contributed by atoms with Crippen molar-refractivity contribution in [3.8, 4) is 0 Å². The van der Waals surface area contributed by atoms with Gasteiger partial charge in [0.25, 0.3) is 0 Å². The first-order chi connectivity index (χ1) is 12.1. The summed E-state index contributed by atoms with van der Waals surface area (Å²) in [4.78, 5) is 28.9. The van der Waals surface area contributed by atoms with Crippen LogP contribution in [-0.4, -0.2) is 54.3 Å². The van der Waals surface area contributed by atoms with E-state index in [9.17, 15) is 9.59 Å². The summed E-state index contributed by atoms with van der Waals surface area (Å²) in [5.41, 5.74) is 1.25. The Morgan fingerprint density at radius 1 is 1.27 bits per heavy atom. The Labute approximate surface area is 165 Å². The molecule has 1 N–H and O–H groups in total. The molecule has 1 atom stereocenters. The van der Waals surface area contributed by atoms with Crippen LogP contribution in [0.2, 0.25) is 5.02 Å². The fourth-order valence-corrected chi connectivity index (χ4v) is 4.53. The second-order valence-corrected chi connectivity index (χ2v) is 8.01. The third-order valence-corrected chi connectivity index (χ3v) is 6.22. The summed E-state index contributed by atoms with van der Waals surface area (Å²) in [5.74, 6) is 0.360. The van der Waals surface area contributed by atoms with Crippen molar-refractivity contribution in [1.82, 2.24) is 15.1 Å². The molecule has 2 saturated heterocycles. The average molecular weight is 398 g/mol. The van der Waals surface area contributed by atoms with Gasteiger partial charge in [-0.05, 0) is 55.5 Å². The van der Waals surface area contributed by atoms with Gasteiger partial charge in [0.05, 0.1) is 6.54 Å². The first-order valence-corrected chi connectivity index (χ1v) is 9.47. The van der Waals surface area contributed by atoms with Gasteiger partial charge < -0.3 is 15.1 Å². The summed E-state index contributed by atoms with van der Waals surface area (Å²) in [6, 6.07) is 7.59. The minimum absolute atomic E-state index is 0. The molecule has 7 heteroatoms. The molecule has 1 aliphatic carbocycles. The lowest BCUT2D eigenvalue weighted by molar-refractivity contribution is -0.147. The second-order valence-electron chi connectivity index (χ2n) is 7.57. The fourth-order valence-electron chi connectivity index (χ4n) is 4.31. The van der Waals surface area contributed by atoms with Crippen LogP contribution in [0.4, 0.5) is 0 Å². The number of carbonyl (C=O) groups is 2. The van der Waals surface area contributed by atoms with E-state index in [1.54, 1.807) is 4.90 Å². The zero-order valence-corrected chi connectivity index (χ0v) is 16.3. The van der Waals surface area contributed by atoms with Crippen molar-refractivity contribution in [1.29, 1.82) is 0 Å². The Balaban J connectivity index is 0.00000196. The molecular weight excluding hydrogens is 373 g/mol. The topological polar surface area (TPSA) is 52.7 Å². The standard InChI is InChI=1S/C19H24ClN3O2.ClH/c20-15-3-1-2-14(10-15)12-22-8-9-23(13-17(22)24)18(25)16-11-19(16)4-6-21-7-5-19;/h1-3,10,16,21H,4-9,11-13H2;1H. The predicted molar refractivity (Wildman–Crippen MR) is 103 cm³/mol. The van der Waals surface area contributed by atoms with Crippen molar-refractivity contribution in [3.05, 3.63) is 34.9 Å². The number of benzene rings is 1. The van der Waals surface area contributed by atoms with Gasteiger partial charge in [-0.25, -0.2) is 0 Å². The molecule has 3 aliphatic rings. The highest BCUT2D eigenvalue weighted by Gasteiger charge is 2.58. The maximum atomic E-state index is 12.8. The quantitative estimate of drug-likeness (QED) is 0.851. The zero-order chi connectivity index (χ0) is 17.4. The van der Waals surface area contributed by atoms with E-state index in [0.717, 1.165) is 37.9 Å². The summed E-state index contributed by atoms with van der Waals surface area (Å²) in [6.07, 6.45) is 3.18. The number of nitrogens with one attached hydrogen (secondary N) is 1. The molecule has 1 saturated carbocycles. The normalized spacial score (nSPS) is 24.3. The number of piperazine rings is 1. The molecule has 5 nitrogen and oxygen atoms in total. The number of amides is 2. The molecule has 2 aliphatic heterocycles. The van der Waals surface area contributed by atoms with Gasteiger partial charge in [-0.1, -0.05) is 23.7 Å². The lowest BCUT2D eigenvalue weighted by Gasteiger charge is -2.35. The van der Waals surface area contributed by atoms with Crippen LogP contribution < -0.4 is 5.32 Å². The molecule has 1 aromatic carbocycles. The van der Waals surface area contributed by atoms with Crippen LogP contribution in [0.5, 0.6) is 0 Å². The Morgan fingerprint density at radius 2 is 2.04 bits per heavy atom. The Hall–Kier alpha value is -1.30. The van der Waals surface area contributed by atoms with E-state index in [2.05, 4.69) is 5.32 Å². The van der Waals surface area contributed by atoms with Crippen molar-refractivity contribution in [2.75, 3.05) is 32.7 Å². The van der Waals surface area contributed by atoms with Crippen molar-refractivity contribution >= 4 is 35.8 Å². The van der Waals surface area contributed by atoms with Gasteiger partial charge in [0.2, 0.25) is 11.8 Å². The monoisotopic (exact) mass is 397 g/mol. The second kappa shape index (κ2) is 7.75. The first kappa shape index (κ1) is 19.5. The largest absolute Gasteiger partial charge is 0.335 e. The molecule has 142 valence electrons. The number of nitrogens with zero attached hydrogens (tertiary/aromatic N) is 2. The van der Waals surface area contributed by atoms with E-state index < -0.39 is 0 Å². The molecule has 26 heavy (non-hydrogen) atoms. The lowest BCUT2D eigenvalue weighted by Crippen LogP contribution is -2.52. The molecule has 1 aromatic rings. The van der Waals surface area contributed by atoms with Crippen LogP contribution in [0.3, 0.4) is 0 Å². The van der Waals surface area contributed by atoms with Gasteiger partial charge in [0.15, 0.2) is 0 Å². The van der Waals surface area contributed by atoms with Crippen molar-refractivity contribution in [2.24, 2.45) is 11.3 Å². The summed E-state index contributed by atoms with van der Waals surface area (Å²) >= 11 is 6.02. The van der Waals surface area contributed by atoms with Crippen LogP contribution in [0.1, 0.15) is 24.8 Å². The van der Waals surface area contributed by atoms with E-state index in [1.807, 2.05) is 29.2 Å². The van der Waals surface area contributed by atoms with E-state index in [1.165, 1.54) is 0 Å². The highest BCUT2D eigenvalue weighted by atomic mass is 35.5. The van der Waals surface area contributed by atoms with Crippen LogP contribution in [0.15, 0.2) is 24.3 Å². The third kappa shape index (κ3) is 3.85. The van der Waals surface area contributed by atoms with Crippen LogP contribution in [0.25, 0.3) is 0 Å². The van der Waals surface area contributed by atoms with Crippen molar-refractivity contribution in [2.45, 2.75) is 25.8 Å². The first-order valence-electron chi connectivity index (χ1n) is 9.09. The molecular formula is C19H25Cl2N3O2. The molecule has 2 amide bonds. The summed E-state index contributed by atoms with van der Waals surface area (Å²) in [5, 5.41) is 4.04. The highest BCUT2D eigenvalue weighted by Crippen LogP contribution is 2.59. The van der Waals surface area contributed by atoms with E-state index in [0.29, 0.717) is 24.7 Å². The van der Waals surface area contributed by atoms with E-state index >= 15 is 0 Å². The Kier molecular flexibility index (Phi) is 5.80. The minimum Gasteiger partial charge on any atom is -0.335 e. The summed E-state index contributed by atoms with van der Waals surface area (Å²) < 4.78 is 0. The van der Waals surface area contributed by atoms with E-state index in [4.69, 9.17) is 11.6 Å². The van der Waals surface area contributed by atoms with Crippen LogP contribution in [-0.2, 0) is 16.1 Å².